The predicted molar refractivity (Wildman–Crippen MR) is 77.6 cm³/mol. The summed E-state index contributed by atoms with van der Waals surface area (Å²) in [6.07, 6.45) is 4.15. The molecule has 2 aliphatic heterocycles. The van der Waals surface area contributed by atoms with Crippen molar-refractivity contribution < 1.29 is 4.74 Å². The second-order valence-corrected chi connectivity index (χ2v) is 5.80. The van der Waals surface area contributed by atoms with Crippen LogP contribution < -0.4 is 10.1 Å². The van der Waals surface area contributed by atoms with Crippen LogP contribution in [0.1, 0.15) is 30.9 Å². The van der Waals surface area contributed by atoms with Crippen LogP contribution in [0.3, 0.4) is 0 Å². The molecule has 104 valence electrons. The first kappa shape index (κ1) is 12.9. The molecule has 2 heterocycles. The van der Waals surface area contributed by atoms with Gasteiger partial charge in [-0.05, 0) is 50.0 Å². The van der Waals surface area contributed by atoms with E-state index in [1.807, 2.05) is 0 Å². The van der Waals surface area contributed by atoms with E-state index in [1.165, 1.54) is 43.6 Å². The minimum atomic E-state index is 0.341. The molecule has 1 fully saturated rings. The zero-order valence-corrected chi connectivity index (χ0v) is 11.8. The third kappa shape index (κ3) is 3.28. The van der Waals surface area contributed by atoms with Gasteiger partial charge >= 0.3 is 0 Å². The van der Waals surface area contributed by atoms with Crippen LogP contribution in [0.2, 0.25) is 0 Å². The molecule has 0 bridgehead atoms. The maximum atomic E-state index is 5.73. The molecule has 3 nitrogen and oxygen atoms in total. The van der Waals surface area contributed by atoms with Crippen LogP contribution in [0.4, 0.5) is 0 Å². The van der Waals surface area contributed by atoms with Gasteiger partial charge in [-0.3, -0.25) is 0 Å². The lowest BCUT2D eigenvalue weighted by Crippen LogP contribution is -2.29. The fraction of sp³-hybridized carbons (Fsp3) is 0.625. The lowest BCUT2D eigenvalue weighted by atomic mass is 10.1. The van der Waals surface area contributed by atoms with Crippen molar-refractivity contribution >= 4 is 0 Å². The van der Waals surface area contributed by atoms with E-state index >= 15 is 0 Å². The first-order valence-corrected chi connectivity index (χ1v) is 7.53. The van der Waals surface area contributed by atoms with Gasteiger partial charge in [-0.15, -0.1) is 0 Å². The van der Waals surface area contributed by atoms with Crippen molar-refractivity contribution in [3.63, 3.8) is 0 Å². The Morgan fingerprint density at radius 3 is 3.00 bits per heavy atom. The molecule has 3 rings (SSSR count). The average Bonchev–Trinajstić information content (AvgIpc) is 3.02. The number of hydrogen-bond acceptors (Lipinski definition) is 3. The predicted octanol–water partition coefficient (Wildman–Crippen LogP) is 2.20. The van der Waals surface area contributed by atoms with Crippen LogP contribution in [0.15, 0.2) is 18.2 Å². The molecule has 0 spiro atoms. The van der Waals surface area contributed by atoms with E-state index in [2.05, 4.69) is 35.3 Å². The summed E-state index contributed by atoms with van der Waals surface area (Å²) in [5.41, 5.74) is 2.74. The topological polar surface area (TPSA) is 24.5 Å². The number of benzene rings is 1. The largest absolute Gasteiger partial charge is 0.490 e. The van der Waals surface area contributed by atoms with Crippen LogP contribution in [0, 0.1) is 0 Å². The van der Waals surface area contributed by atoms with Gasteiger partial charge in [0.05, 0.1) is 0 Å². The van der Waals surface area contributed by atoms with Gasteiger partial charge in [0, 0.05) is 26.1 Å². The third-order valence-electron chi connectivity index (χ3n) is 4.09. The van der Waals surface area contributed by atoms with Crippen LogP contribution in [-0.4, -0.2) is 37.2 Å². The van der Waals surface area contributed by atoms with Crippen LogP contribution in [0.25, 0.3) is 0 Å². The molecule has 0 saturated carbocycles. The molecule has 0 amide bonds. The van der Waals surface area contributed by atoms with E-state index in [-0.39, 0.29) is 0 Å². The Bertz CT molecular complexity index is 427. The Morgan fingerprint density at radius 2 is 2.16 bits per heavy atom. The van der Waals surface area contributed by atoms with Crippen molar-refractivity contribution in [3.8, 4) is 5.75 Å². The van der Waals surface area contributed by atoms with Gasteiger partial charge in [0.25, 0.3) is 0 Å². The van der Waals surface area contributed by atoms with E-state index in [4.69, 9.17) is 4.74 Å². The minimum Gasteiger partial charge on any atom is -0.490 e. The summed E-state index contributed by atoms with van der Waals surface area (Å²) < 4.78 is 5.73. The van der Waals surface area contributed by atoms with E-state index in [0.717, 1.165) is 25.3 Å². The molecule has 0 radical (unpaired) electrons. The summed E-state index contributed by atoms with van der Waals surface area (Å²) in [5.74, 6) is 1.08. The quantitative estimate of drug-likeness (QED) is 0.821. The Labute approximate surface area is 115 Å². The number of rotatable bonds is 5. The monoisotopic (exact) mass is 260 g/mol. The molecule has 19 heavy (non-hydrogen) atoms. The van der Waals surface area contributed by atoms with Gasteiger partial charge in [0.1, 0.15) is 11.9 Å². The molecule has 1 N–H and O–H groups in total. The lowest BCUT2D eigenvalue weighted by Gasteiger charge is -2.14. The zero-order valence-electron chi connectivity index (χ0n) is 11.8. The highest BCUT2D eigenvalue weighted by Crippen LogP contribution is 2.29. The van der Waals surface area contributed by atoms with E-state index in [1.54, 1.807) is 0 Å². The fourth-order valence-corrected chi connectivity index (χ4v) is 3.06. The smallest absolute Gasteiger partial charge is 0.123 e. The lowest BCUT2D eigenvalue weighted by molar-refractivity contribution is 0.254. The van der Waals surface area contributed by atoms with Crippen LogP contribution >= 0.6 is 0 Å². The van der Waals surface area contributed by atoms with Gasteiger partial charge < -0.3 is 15.0 Å². The summed E-state index contributed by atoms with van der Waals surface area (Å²) in [6.45, 7) is 7.95. The zero-order chi connectivity index (χ0) is 13.1. The van der Waals surface area contributed by atoms with Crippen molar-refractivity contribution in [2.75, 3.05) is 26.2 Å². The minimum absolute atomic E-state index is 0.341. The third-order valence-corrected chi connectivity index (χ3v) is 4.09. The number of nitrogens with one attached hydrogen (secondary N) is 1. The molecule has 1 atom stereocenters. The van der Waals surface area contributed by atoms with E-state index in [9.17, 15) is 0 Å². The maximum Gasteiger partial charge on any atom is 0.123 e. The van der Waals surface area contributed by atoms with Crippen LogP contribution in [0.5, 0.6) is 5.75 Å². The second kappa shape index (κ2) is 5.93. The van der Waals surface area contributed by atoms with Crippen molar-refractivity contribution in [1.82, 2.24) is 10.2 Å². The number of ether oxygens (including phenoxy) is 1. The molecular weight excluding hydrogens is 236 g/mol. The van der Waals surface area contributed by atoms with E-state index < -0.39 is 0 Å². The Hall–Kier alpha value is -1.06. The standard InChI is InChI=1S/C16H24N2O/c1-13-10-15-11-14(4-5-16(15)19-13)12-17-6-9-18-7-2-3-8-18/h4-5,11,13,17H,2-3,6-10,12H2,1H3. The Kier molecular flexibility index (Phi) is 4.04. The number of fused-ring (bicyclic) bond motifs is 1. The molecule has 1 aromatic rings. The molecule has 3 heteroatoms. The molecule has 1 unspecified atom stereocenters. The molecule has 0 aromatic heterocycles. The fourth-order valence-electron chi connectivity index (χ4n) is 3.06. The summed E-state index contributed by atoms with van der Waals surface area (Å²) in [7, 11) is 0. The van der Waals surface area contributed by atoms with E-state index in [0.29, 0.717) is 6.10 Å². The highest BCUT2D eigenvalue weighted by Gasteiger charge is 2.18. The highest BCUT2D eigenvalue weighted by molar-refractivity contribution is 5.40. The normalized spacial score (nSPS) is 22.5. The molecular formula is C16H24N2O. The molecule has 0 aliphatic carbocycles. The Morgan fingerprint density at radius 1 is 1.32 bits per heavy atom. The molecule has 1 aromatic carbocycles. The second-order valence-electron chi connectivity index (χ2n) is 5.80. The summed E-state index contributed by atoms with van der Waals surface area (Å²) >= 11 is 0. The average molecular weight is 260 g/mol. The van der Waals surface area contributed by atoms with Gasteiger partial charge in [0.2, 0.25) is 0 Å². The van der Waals surface area contributed by atoms with Crippen molar-refractivity contribution in [2.45, 2.75) is 38.8 Å². The summed E-state index contributed by atoms with van der Waals surface area (Å²) in [4.78, 5) is 2.55. The molecule has 2 aliphatic rings. The van der Waals surface area contributed by atoms with Crippen molar-refractivity contribution in [3.05, 3.63) is 29.3 Å². The number of nitrogens with zero attached hydrogens (tertiary/aromatic N) is 1. The first-order valence-electron chi connectivity index (χ1n) is 7.53. The highest BCUT2D eigenvalue weighted by atomic mass is 16.5. The number of likely N-dealkylation sites (tertiary alicyclic amines) is 1. The maximum absolute atomic E-state index is 5.73. The molecule has 1 saturated heterocycles. The van der Waals surface area contributed by atoms with Crippen molar-refractivity contribution in [1.29, 1.82) is 0 Å². The van der Waals surface area contributed by atoms with Crippen molar-refractivity contribution in [2.24, 2.45) is 0 Å². The van der Waals surface area contributed by atoms with Gasteiger partial charge in [-0.2, -0.15) is 0 Å². The number of hydrogen-bond donors (Lipinski definition) is 1. The van der Waals surface area contributed by atoms with Crippen LogP contribution in [-0.2, 0) is 13.0 Å². The summed E-state index contributed by atoms with van der Waals surface area (Å²) in [5, 5.41) is 3.55. The van der Waals surface area contributed by atoms with Gasteiger partial charge in [-0.25, -0.2) is 0 Å². The first-order chi connectivity index (χ1) is 9.31. The van der Waals surface area contributed by atoms with Gasteiger partial charge in [-0.1, -0.05) is 12.1 Å². The Balaban J connectivity index is 1.44. The van der Waals surface area contributed by atoms with Gasteiger partial charge in [0.15, 0.2) is 0 Å². The SMILES string of the molecule is CC1Cc2cc(CNCCN3CCCC3)ccc2O1. The summed E-state index contributed by atoms with van der Waals surface area (Å²) in [6, 6.07) is 6.59.